The second-order valence-corrected chi connectivity index (χ2v) is 19.8. The van der Waals surface area contributed by atoms with Crippen LogP contribution >= 0.6 is 0 Å². The number of hydrogen-bond donors (Lipinski definition) is 2. The molecule has 1 saturated carbocycles. The van der Waals surface area contributed by atoms with E-state index in [2.05, 4.69) is 28.8 Å². The van der Waals surface area contributed by atoms with Crippen molar-refractivity contribution in [2.45, 2.75) is 86.3 Å². The normalized spacial score (nSPS) is 23.2. The van der Waals surface area contributed by atoms with Gasteiger partial charge < -0.3 is 9.64 Å². The molecule has 4 aliphatic rings. The molecule has 4 fully saturated rings. The van der Waals surface area contributed by atoms with Crippen LogP contribution in [-0.4, -0.2) is 110 Å². The molecule has 1 unspecified atom stereocenters. The predicted octanol–water partition coefficient (Wildman–Crippen LogP) is 0.795. The molecule has 2 N–H and O–H groups in total. The number of piperidine rings is 1. The van der Waals surface area contributed by atoms with Crippen LogP contribution in [0.3, 0.4) is 0 Å². The molecule has 0 bridgehead atoms. The van der Waals surface area contributed by atoms with Gasteiger partial charge >= 0.3 is 291 Å². The van der Waals surface area contributed by atoms with E-state index in [1.54, 1.807) is 22.5 Å². The Morgan fingerprint density at radius 1 is 1.05 bits per heavy atom. The van der Waals surface area contributed by atoms with Gasteiger partial charge in [0.2, 0.25) is 5.91 Å². The van der Waals surface area contributed by atoms with E-state index in [1.165, 1.54) is 21.5 Å². The Morgan fingerprint density at radius 2 is 1.90 bits per heavy atom. The number of anilines is 2. The zero-order valence-corrected chi connectivity index (χ0v) is 36.0. The van der Waals surface area contributed by atoms with E-state index in [4.69, 9.17) is 14.5 Å². The third-order valence-corrected chi connectivity index (χ3v) is 15.9. The van der Waals surface area contributed by atoms with E-state index in [0.29, 0.717) is 53.7 Å². The zero-order chi connectivity index (χ0) is 42.2. The molecule has 2 atom stereocenters. The zero-order valence-electron chi connectivity index (χ0n) is 33.9. The first-order valence-electron chi connectivity index (χ1n) is 21.0. The van der Waals surface area contributed by atoms with Crippen LogP contribution < -0.4 is 42.7 Å². The molecular weight excluding hydrogens is 907 g/mol. The van der Waals surface area contributed by atoms with Gasteiger partial charge in [-0.3, -0.25) is 4.79 Å². The molecule has 61 heavy (non-hydrogen) atoms. The Balaban J connectivity index is 0.797. The van der Waals surface area contributed by atoms with Crippen molar-refractivity contribution in [1.82, 2.24) is 41.9 Å². The van der Waals surface area contributed by atoms with Gasteiger partial charge in [-0.25, -0.2) is 0 Å². The number of aromatic nitrogens is 7. The van der Waals surface area contributed by atoms with Gasteiger partial charge in [-0.15, -0.1) is 0 Å². The monoisotopic (exact) mass is 956 g/mol. The van der Waals surface area contributed by atoms with Gasteiger partial charge in [-0.1, -0.05) is 0 Å². The van der Waals surface area contributed by atoms with E-state index in [0.717, 1.165) is 69.2 Å². The number of para-hydroxylation sites is 1. The molecule has 17 nitrogen and oxygen atoms in total. The Kier molecular flexibility index (Phi) is 12.2. The summed E-state index contributed by atoms with van der Waals surface area (Å²) in [5.41, 5.74) is 2.25. The van der Waals surface area contributed by atoms with Gasteiger partial charge in [0.1, 0.15) is 5.82 Å². The number of alkyl halides is 3. The number of morpholine rings is 1. The number of carbonyl (C=O) groups is 3. The van der Waals surface area contributed by atoms with E-state index in [-0.39, 0.29) is 69.3 Å². The fourth-order valence-electron chi connectivity index (χ4n) is 9.02. The molecule has 4 aromatic heterocycles. The SMILES string of the molecule is Cn1c(=O)n(C2CCC(=O)NC2=O)c2cccc(CC[C@H]3CN([I-]C4CCC(n5cc(NC(=O)c6cnn7ccc(N8CCCOCC8)nc67)c(C(F)F)n5)CC4)CCO3)c21. The van der Waals surface area contributed by atoms with Crippen molar-refractivity contribution in [3.05, 3.63) is 70.2 Å². The maximum atomic E-state index is 14.3. The average Bonchev–Trinajstić information content (AvgIpc) is 3.87. The first-order chi connectivity index (χ1) is 29.6. The molecule has 0 spiro atoms. The summed E-state index contributed by atoms with van der Waals surface area (Å²) in [6.07, 6.45) is 8.19. The Morgan fingerprint density at radius 3 is 2.72 bits per heavy atom. The van der Waals surface area contributed by atoms with Gasteiger partial charge in [-0.2, -0.15) is 0 Å². The molecule has 0 radical (unpaired) electrons. The van der Waals surface area contributed by atoms with Crippen molar-refractivity contribution in [3.63, 3.8) is 0 Å². The van der Waals surface area contributed by atoms with Crippen LogP contribution in [0.15, 0.2) is 47.7 Å². The molecule has 20 heteroatoms. The first kappa shape index (κ1) is 41.5. The van der Waals surface area contributed by atoms with Crippen LogP contribution in [0.1, 0.15) is 91.5 Å². The number of amides is 3. The number of imide groups is 1. The number of hydrogen-bond acceptors (Lipinski definition) is 11. The van der Waals surface area contributed by atoms with E-state index < -0.39 is 30.0 Å². The number of rotatable bonds is 11. The molecule has 3 amide bonds. The fraction of sp³-hybridized carbons (Fsp3) is 0.537. The van der Waals surface area contributed by atoms with Gasteiger partial charge in [0.25, 0.3) is 0 Å². The average molecular weight is 957 g/mol. The van der Waals surface area contributed by atoms with Crippen molar-refractivity contribution < 1.29 is 54.1 Å². The Hall–Kier alpha value is -4.80. The molecule has 1 aliphatic carbocycles. The van der Waals surface area contributed by atoms with Crippen LogP contribution in [0.4, 0.5) is 20.3 Å². The maximum absolute atomic E-state index is 14.3. The van der Waals surface area contributed by atoms with Crippen molar-refractivity contribution in [2.24, 2.45) is 7.05 Å². The quantitative estimate of drug-likeness (QED) is 0.0830. The van der Waals surface area contributed by atoms with Gasteiger partial charge in [0.05, 0.1) is 6.61 Å². The molecule has 1 aromatic carbocycles. The number of aryl methyl sites for hydroxylation is 2. The predicted molar refractivity (Wildman–Crippen MR) is 215 cm³/mol. The van der Waals surface area contributed by atoms with Crippen LogP contribution in [-0.2, 0) is 32.5 Å². The molecule has 3 aliphatic heterocycles. The van der Waals surface area contributed by atoms with Crippen molar-refractivity contribution in [2.75, 3.05) is 56.2 Å². The number of nitrogens with zero attached hydrogens (tertiary/aromatic N) is 9. The minimum absolute atomic E-state index is 0.0144. The fourth-order valence-corrected chi connectivity index (χ4v) is 12.5. The molecule has 9 rings (SSSR count). The summed E-state index contributed by atoms with van der Waals surface area (Å²) < 4.78 is 49.8. The Labute approximate surface area is 360 Å². The first-order valence-corrected chi connectivity index (χ1v) is 23.2. The summed E-state index contributed by atoms with van der Waals surface area (Å²) in [5, 5.41) is 13.6. The van der Waals surface area contributed by atoms with E-state index in [9.17, 15) is 28.0 Å². The van der Waals surface area contributed by atoms with Gasteiger partial charge in [-0.05, 0) is 12.5 Å². The minimum atomic E-state index is -2.87. The van der Waals surface area contributed by atoms with Crippen molar-refractivity contribution >= 4 is 45.9 Å². The van der Waals surface area contributed by atoms with E-state index >= 15 is 0 Å². The topological polar surface area (TPSA) is 175 Å². The summed E-state index contributed by atoms with van der Waals surface area (Å²) in [4.78, 5) is 58.2. The van der Waals surface area contributed by atoms with E-state index in [1.807, 2.05) is 24.3 Å². The third kappa shape index (κ3) is 8.67. The van der Waals surface area contributed by atoms with Crippen LogP contribution in [0.5, 0.6) is 0 Å². The molecule has 5 aromatic rings. The molecular formula is C41H49F2IN11O6-. The van der Waals surface area contributed by atoms with Crippen LogP contribution in [0, 0.1) is 0 Å². The summed E-state index contributed by atoms with van der Waals surface area (Å²) in [7, 11) is 1.72. The van der Waals surface area contributed by atoms with Crippen molar-refractivity contribution in [3.8, 4) is 0 Å². The Bertz CT molecular complexity index is 2490. The number of halogens is 3. The molecule has 7 heterocycles. The van der Waals surface area contributed by atoms with Crippen molar-refractivity contribution in [1.29, 1.82) is 0 Å². The summed E-state index contributed by atoms with van der Waals surface area (Å²) in [6.45, 7) is 5.05. The van der Waals surface area contributed by atoms with Gasteiger partial charge in [0.15, 0.2) is 0 Å². The third-order valence-electron chi connectivity index (χ3n) is 12.2. The second kappa shape index (κ2) is 17.9. The summed E-state index contributed by atoms with van der Waals surface area (Å²) in [5.74, 6) is -0.655. The number of nitrogens with one attached hydrogen (secondary N) is 2. The number of fused-ring (bicyclic) bond motifs is 2. The molecule has 3 saturated heterocycles. The van der Waals surface area contributed by atoms with Crippen LogP contribution in [0.2, 0.25) is 0 Å². The standard InChI is InChI=1S/C41H49F2IN11O6/c1-50-36-25(4-2-5-31(36)55(41(50)59)32-12-13-34(56)48-40(32)58)6-11-28-23-52(18-21-61-28)44-26-7-9-27(10-8-26)54-24-30(35(49-54)37(42)43)46-39(57)29-22-45-53-16-14-33(47-38(29)53)51-15-3-19-60-20-17-51/h2,4-5,14,16,22,24,26-28,32,37H,3,6-13,15,17-21,23H2,1H3,(H,46,57)(H,48,56,58)/q-1/t26?,27?,28-,32?/m0/s1. The second-order valence-electron chi connectivity index (χ2n) is 16.1. The van der Waals surface area contributed by atoms with Gasteiger partial charge in [0, 0.05) is 25.9 Å². The molecule has 326 valence electrons. The summed E-state index contributed by atoms with van der Waals surface area (Å²) in [6, 6.07) is 6.84. The number of ether oxygens (including phenoxy) is 2. The summed E-state index contributed by atoms with van der Waals surface area (Å²) >= 11 is -0.308. The number of carbonyl (C=O) groups excluding carboxylic acids is 3. The number of imidazole rings is 1. The van der Waals surface area contributed by atoms with Crippen LogP contribution in [0.25, 0.3) is 16.7 Å². The number of benzene rings is 1.